The molecular weight excluding hydrogens is 362 g/mol. The molecule has 0 saturated heterocycles. The number of nitrogens with zero attached hydrogens (tertiary/aromatic N) is 1. The van der Waals surface area contributed by atoms with Crippen molar-refractivity contribution in [1.29, 1.82) is 0 Å². The van der Waals surface area contributed by atoms with E-state index in [1.807, 2.05) is 0 Å². The molecule has 0 saturated carbocycles. The van der Waals surface area contributed by atoms with Crippen molar-refractivity contribution in [3.63, 3.8) is 0 Å². The van der Waals surface area contributed by atoms with Crippen molar-refractivity contribution in [3.8, 4) is 0 Å². The number of quaternary nitrogens is 1. The standard InChI is InChI=1S/C25H51NO3/c1-4-5-6-7-8-9-12-15-18-21-24(27)26(2,3)23-20-17-14-11-10-13-16-19-22-25(28)29/h24,27H,4-23H2,1-3H3/p+1. The number of rotatable bonds is 22. The summed E-state index contributed by atoms with van der Waals surface area (Å²) in [4.78, 5) is 10.5. The Labute approximate surface area is 181 Å². The lowest BCUT2D eigenvalue weighted by atomic mass is 10.1. The molecule has 0 aliphatic heterocycles. The third-order valence-corrected chi connectivity index (χ3v) is 6.25. The van der Waals surface area contributed by atoms with Gasteiger partial charge in [0.05, 0.1) is 20.6 Å². The van der Waals surface area contributed by atoms with Gasteiger partial charge in [0.25, 0.3) is 0 Å². The van der Waals surface area contributed by atoms with Gasteiger partial charge in [0.15, 0.2) is 6.23 Å². The molecule has 1 unspecified atom stereocenters. The van der Waals surface area contributed by atoms with E-state index in [9.17, 15) is 9.90 Å². The Morgan fingerprint density at radius 3 is 1.59 bits per heavy atom. The molecule has 0 aromatic carbocycles. The molecule has 0 bridgehead atoms. The highest BCUT2D eigenvalue weighted by molar-refractivity contribution is 5.66. The molecule has 0 heterocycles. The van der Waals surface area contributed by atoms with E-state index in [1.165, 1.54) is 83.5 Å². The number of carboxylic acids is 1. The topological polar surface area (TPSA) is 57.5 Å². The number of hydrogen-bond donors (Lipinski definition) is 2. The molecule has 0 aromatic rings. The molecule has 0 aliphatic rings. The number of hydrogen-bond acceptors (Lipinski definition) is 2. The zero-order valence-electron chi connectivity index (χ0n) is 20.0. The van der Waals surface area contributed by atoms with Crippen molar-refractivity contribution >= 4 is 5.97 Å². The fourth-order valence-corrected chi connectivity index (χ4v) is 3.99. The Bertz CT molecular complexity index is 371. The van der Waals surface area contributed by atoms with Gasteiger partial charge in [-0.1, -0.05) is 90.4 Å². The molecule has 0 rings (SSSR count). The van der Waals surface area contributed by atoms with Crippen molar-refractivity contribution < 1.29 is 19.5 Å². The molecule has 174 valence electrons. The summed E-state index contributed by atoms with van der Waals surface area (Å²) in [7, 11) is 4.34. The number of aliphatic hydroxyl groups excluding tert-OH is 1. The average molecular weight is 415 g/mol. The van der Waals surface area contributed by atoms with Gasteiger partial charge in [-0.15, -0.1) is 0 Å². The maximum Gasteiger partial charge on any atom is 0.303 e. The lowest BCUT2D eigenvalue weighted by Crippen LogP contribution is -2.49. The normalized spacial score (nSPS) is 13.0. The fourth-order valence-electron chi connectivity index (χ4n) is 3.99. The van der Waals surface area contributed by atoms with Crippen LogP contribution in [0.4, 0.5) is 0 Å². The van der Waals surface area contributed by atoms with Crippen LogP contribution in [0.25, 0.3) is 0 Å². The lowest BCUT2D eigenvalue weighted by molar-refractivity contribution is -0.937. The maximum absolute atomic E-state index is 10.6. The predicted octanol–water partition coefficient (Wildman–Crippen LogP) is 6.90. The molecule has 29 heavy (non-hydrogen) atoms. The number of aliphatic hydroxyl groups is 1. The van der Waals surface area contributed by atoms with Gasteiger partial charge >= 0.3 is 5.97 Å². The highest BCUT2D eigenvalue weighted by atomic mass is 16.4. The van der Waals surface area contributed by atoms with Gasteiger partial charge in [-0.3, -0.25) is 4.79 Å². The van der Waals surface area contributed by atoms with E-state index >= 15 is 0 Å². The van der Waals surface area contributed by atoms with E-state index in [0.717, 1.165) is 43.1 Å². The summed E-state index contributed by atoms with van der Waals surface area (Å²) in [5.74, 6) is -0.675. The first-order valence-electron chi connectivity index (χ1n) is 12.6. The molecule has 0 aromatic heterocycles. The summed E-state index contributed by atoms with van der Waals surface area (Å²) in [6.45, 7) is 3.32. The summed E-state index contributed by atoms with van der Waals surface area (Å²) in [5, 5.41) is 19.2. The van der Waals surface area contributed by atoms with Crippen LogP contribution in [0, 0.1) is 0 Å². The van der Waals surface area contributed by atoms with Crippen LogP contribution in [0.3, 0.4) is 0 Å². The van der Waals surface area contributed by atoms with Gasteiger partial charge < -0.3 is 14.7 Å². The summed E-state index contributed by atoms with van der Waals surface area (Å²) in [6, 6.07) is 0. The van der Waals surface area contributed by atoms with Crippen LogP contribution in [0.15, 0.2) is 0 Å². The van der Waals surface area contributed by atoms with Crippen LogP contribution < -0.4 is 0 Å². The third kappa shape index (κ3) is 19.1. The Morgan fingerprint density at radius 2 is 1.10 bits per heavy atom. The third-order valence-electron chi connectivity index (χ3n) is 6.25. The number of unbranched alkanes of at least 4 members (excludes halogenated alkanes) is 15. The average Bonchev–Trinajstić information content (AvgIpc) is 2.67. The number of aliphatic carboxylic acids is 1. The minimum atomic E-state index is -0.675. The zero-order chi connectivity index (χ0) is 21.8. The Balaban J connectivity index is 3.52. The molecule has 0 radical (unpaired) electrons. The van der Waals surface area contributed by atoms with E-state index in [1.54, 1.807) is 0 Å². The minimum Gasteiger partial charge on any atom is -0.481 e. The predicted molar refractivity (Wildman–Crippen MR) is 124 cm³/mol. The van der Waals surface area contributed by atoms with E-state index in [-0.39, 0.29) is 6.23 Å². The van der Waals surface area contributed by atoms with Crippen molar-refractivity contribution in [1.82, 2.24) is 0 Å². The van der Waals surface area contributed by atoms with Gasteiger partial charge in [0, 0.05) is 12.8 Å². The van der Waals surface area contributed by atoms with Crippen LogP contribution in [0.5, 0.6) is 0 Å². The monoisotopic (exact) mass is 414 g/mol. The van der Waals surface area contributed by atoms with Crippen molar-refractivity contribution in [3.05, 3.63) is 0 Å². The maximum atomic E-state index is 10.6. The molecular formula is C25H52NO3+. The van der Waals surface area contributed by atoms with E-state index < -0.39 is 5.97 Å². The number of carbonyl (C=O) groups is 1. The van der Waals surface area contributed by atoms with Crippen LogP contribution >= 0.6 is 0 Å². The zero-order valence-corrected chi connectivity index (χ0v) is 20.0. The van der Waals surface area contributed by atoms with Crippen LogP contribution in [0.1, 0.15) is 129 Å². The SMILES string of the molecule is CCCCCCCCCCCC(O)[N+](C)(C)CCCCCCCCCCC(=O)O. The molecule has 0 amide bonds. The summed E-state index contributed by atoms with van der Waals surface area (Å²) in [6.07, 6.45) is 22.2. The Kier molecular flexibility index (Phi) is 19.0. The van der Waals surface area contributed by atoms with Crippen LogP contribution in [-0.2, 0) is 4.79 Å². The highest BCUT2D eigenvalue weighted by Gasteiger charge is 2.24. The molecule has 1 atom stereocenters. The fraction of sp³-hybridized carbons (Fsp3) is 0.960. The minimum absolute atomic E-state index is 0.228. The molecule has 0 fully saturated rings. The summed E-state index contributed by atoms with van der Waals surface area (Å²) >= 11 is 0. The van der Waals surface area contributed by atoms with E-state index in [2.05, 4.69) is 21.0 Å². The first-order chi connectivity index (χ1) is 13.9. The molecule has 0 aliphatic carbocycles. The molecule has 4 heteroatoms. The van der Waals surface area contributed by atoms with E-state index in [4.69, 9.17) is 5.11 Å². The highest BCUT2D eigenvalue weighted by Crippen LogP contribution is 2.17. The van der Waals surface area contributed by atoms with Crippen molar-refractivity contribution in [2.75, 3.05) is 20.6 Å². The van der Waals surface area contributed by atoms with Crippen molar-refractivity contribution in [2.24, 2.45) is 0 Å². The summed E-state index contributed by atoms with van der Waals surface area (Å²) < 4.78 is 0.728. The second kappa shape index (κ2) is 19.4. The van der Waals surface area contributed by atoms with Gasteiger partial charge in [0.1, 0.15) is 0 Å². The van der Waals surface area contributed by atoms with E-state index in [0.29, 0.717) is 6.42 Å². The molecule has 2 N–H and O–H groups in total. The summed E-state index contributed by atoms with van der Waals surface area (Å²) in [5.41, 5.74) is 0. The number of carboxylic acid groups (broad SMARTS) is 1. The van der Waals surface area contributed by atoms with Gasteiger partial charge in [0.2, 0.25) is 0 Å². The molecule has 0 spiro atoms. The lowest BCUT2D eigenvalue weighted by Gasteiger charge is -2.35. The van der Waals surface area contributed by atoms with Crippen molar-refractivity contribution in [2.45, 2.75) is 135 Å². The second-order valence-corrected chi connectivity index (χ2v) is 9.57. The smallest absolute Gasteiger partial charge is 0.303 e. The quantitative estimate of drug-likeness (QED) is 0.115. The van der Waals surface area contributed by atoms with Gasteiger partial charge in [-0.2, -0.15) is 0 Å². The Morgan fingerprint density at radius 1 is 0.690 bits per heavy atom. The second-order valence-electron chi connectivity index (χ2n) is 9.57. The first kappa shape index (κ1) is 28.4. The van der Waals surface area contributed by atoms with Crippen LogP contribution in [0.2, 0.25) is 0 Å². The van der Waals surface area contributed by atoms with Gasteiger partial charge in [-0.05, 0) is 25.7 Å². The van der Waals surface area contributed by atoms with Gasteiger partial charge in [-0.25, -0.2) is 0 Å². The molecule has 4 nitrogen and oxygen atoms in total. The van der Waals surface area contributed by atoms with Crippen LogP contribution in [-0.4, -0.2) is 47.5 Å². The Hall–Kier alpha value is -0.610. The largest absolute Gasteiger partial charge is 0.481 e. The first-order valence-corrected chi connectivity index (χ1v) is 12.6.